The van der Waals surface area contributed by atoms with Gasteiger partial charge >= 0.3 is 8.56 Å². The molecular formula is C14H25O2PSi. The van der Waals surface area contributed by atoms with E-state index in [0.29, 0.717) is 0 Å². The third kappa shape index (κ3) is 6.10. The summed E-state index contributed by atoms with van der Waals surface area (Å²) in [5.74, 6) is 0. The summed E-state index contributed by atoms with van der Waals surface area (Å²) >= 11 is 0. The topological polar surface area (TPSA) is 18.5 Å². The molecule has 0 saturated carbocycles. The van der Waals surface area contributed by atoms with Gasteiger partial charge in [0.15, 0.2) is 0 Å². The third-order valence-corrected chi connectivity index (χ3v) is 7.22. The Morgan fingerprint density at radius 2 is 1.67 bits per heavy atom. The van der Waals surface area contributed by atoms with Gasteiger partial charge < -0.3 is 8.85 Å². The highest BCUT2D eigenvalue weighted by Gasteiger charge is 2.29. The lowest BCUT2D eigenvalue weighted by Gasteiger charge is -2.25. The molecule has 2 nitrogen and oxygen atoms in total. The minimum Gasteiger partial charge on any atom is -0.395 e. The van der Waals surface area contributed by atoms with Crippen molar-refractivity contribution in [1.82, 2.24) is 0 Å². The quantitative estimate of drug-likeness (QED) is 0.392. The van der Waals surface area contributed by atoms with Gasteiger partial charge in [0.05, 0.1) is 0 Å². The van der Waals surface area contributed by atoms with Gasteiger partial charge in [0, 0.05) is 13.2 Å². The summed E-state index contributed by atoms with van der Waals surface area (Å²) in [6.45, 7) is 7.82. The first-order chi connectivity index (χ1) is 8.70. The van der Waals surface area contributed by atoms with Gasteiger partial charge in [0.25, 0.3) is 0 Å². The second-order valence-corrected chi connectivity index (χ2v) is 9.17. The summed E-state index contributed by atoms with van der Waals surface area (Å²) in [4.78, 5) is 0. The second kappa shape index (κ2) is 8.81. The predicted octanol–water partition coefficient (Wildman–Crippen LogP) is 3.53. The molecule has 1 aromatic rings. The molecule has 0 aromatic heterocycles. The van der Waals surface area contributed by atoms with E-state index in [4.69, 9.17) is 8.85 Å². The molecule has 18 heavy (non-hydrogen) atoms. The van der Waals surface area contributed by atoms with Gasteiger partial charge in [-0.15, -0.1) is 0 Å². The van der Waals surface area contributed by atoms with E-state index in [1.54, 1.807) is 0 Å². The van der Waals surface area contributed by atoms with Crippen molar-refractivity contribution in [2.24, 2.45) is 0 Å². The van der Waals surface area contributed by atoms with Gasteiger partial charge in [-0.3, -0.25) is 0 Å². The summed E-state index contributed by atoms with van der Waals surface area (Å²) in [5, 5.41) is 1.45. The first-order valence-electron chi connectivity index (χ1n) is 6.77. The minimum atomic E-state index is -1.88. The molecule has 0 amide bonds. The molecule has 0 N–H and O–H groups in total. The van der Waals surface area contributed by atoms with E-state index in [1.165, 1.54) is 17.9 Å². The maximum absolute atomic E-state index is 5.84. The van der Waals surface area contributed by atoms with Crippen molar-refractivity contribution in [3.63, 3.8) is 0 Å². The van der Waals surface area contributed by atoms with Crippen LogP contribution < -0.4 is 5.30 Å². The molecule has 1 unspecified atom stereocenters. The number of rotatable bonds is 9. The van der Waals surface area contributed by atoms with E-state index in [-0.39, 0.29) is 0 Å². The lowest BCUT2D eigenvalue weighted by Crippen LogP contribution is -2.38. The van der Waals surface area contributed by atoms with Crippen molar-refractivity contribution in [3.8, 4) is 0 Å². The summed E-state index contributed by atoms with van der Waals surface area (Å²) in [5.41, 5.74) is 0. The highest BCUT2D eigenvalue weighted by molar-refractivity contribution is 7.47. The van der Waals surface area contributed by atoms with Crippen LogP contribution in [0.25, 0.3) is 0 Å². The van der Waals surface area contributed by atoms with Crippen LogP contribution in [-0.4, -0.2) is 27.9 Å². The van der Waals surface area contributed by atoms with E-state index in [2.05, 4.69) is 50.7 Å². The lowest BCUT2D eigenvalue weighted by molar-refractivity contribution is 0.189. The van der Waals surface area contributed by atoms with Crippen molar-refractivity contribution in [1.29, 1.82) is 0 Å². The maximum Gasteiger partial charge on any atom is 0.334 e. The van der Waals surface area contributed by atoms with Crippen LogP contribution in [0, 0.1) is 0 Å². The molecule has 1 atom stereocenters. The fourth-order valence-electron chi connectivity index (χ4n) is 1.99. The average molecular weight is 284 g/mol. The molecule has 1 rings (SSSR count). The molecule has 102 valence electrons. The zero-order valence-corrected chi connectivity index (χ0v) is 13.7. The van der Waals surface area contributed by atoms with Gasteiger partial charge in [-0.2, -0.15) is 0 Å². The average Bonchev–Trinajstić information content (AvgIpc) is 2.37. The minimum absolute atomic E-state index is 0.768. The molecule has 4 heteroatoms. The predicted molar refractivity (Wildman–Crippen MR) is 83.6 cm³/mol. The van der Waals surface area contributed by atoms with Crippen LogP contribution in [0.5, 0.6) is 0 Å². The highest BCUT2D eigenvalue weighted by atomic mass is 31.1. The van der Waals surface area contributed by atoms with E-state index in [9.17, 15) is 0 Å². The molecule has 0 aliphatic rings. The monoisotopic (exact) mass is 284 g/mol. The van der Waals surface area contributed by atoms with Crippen molar-refractivity contribution < 1.29 is 8.85 Å². The molecule has 0 fully saturated rings. The first kappa shape index (κ1) is 15.8. The van der Waals surface area contributed by atoms with E-state index in [0.717, 1.165) is 27.8 Å². The number of hydrogen-bond acceptors (Lipinski definition) is 2. The van der Waals surface area contributed by atoms with Crippen molar-refractivity contribution in [3.05, 3.63) is 30.3 Å². The zero-order valence-electron chi connectivity index (χ0n) is 11.7. The Balaban J connectivity index is 2.26. The Bertz CT molecular complexity index is 313. The number of hydrogen-bond donors (Lipinski definition) is 0. The summed E-state index contributed by atoms with van der Waals surface area (Å²) < 4.78 is 11.7. The fraction of sp³-hybridized carbons (Fsp3) is 0.571. The molecule has 0 saturated heterocycles. The molecule has 0 radical (unpaired) electrons. The van der Waals surface area contributed by atoms with E-state index < -0.39 is 8.56 Å². The second-order valence-electron chi connectivity index (χ2n) is 4.40. The van der Waals surface area contributed by atoms with Crippen LogP contribution in [-0.2, 0) is 8.85 Å². The summed E-state index contributed by atoms with van der Waals surface area (Å²) in [6.07, 6.45) is 2.45. The lowest BCUT2D eigenvalue weighted by atomic mass is 10.4. The van der Waals surface area contributed by atoms with Crippen LogP contribution in [0.3, 0.4) is 0 Å². The third-order valence-electron chi connectivity index (χ3n) is 2.81. The van der Waals surface area contributed by atoms with Crippen molar-refractivity contribution in [2.75, 3.05) is 19.4 Å². The van der Waals surface area contributed by atoms with Gasteiger partial charge in [-0.05, 0) is 44.3 Å². The molecule has 0 aliphatic carbocycles. The SMILES string of the molecule is CCO[Si](C)(CCCPc1ccccc1)OCC. The number of benzene rings is 1. The van der Waals surface area contributed by atoms with Crippen LogP contribution >= 0.6 is 8.58 Å². The largest absolute Gasteiger partial charge is 0.395 e. The fourth-order valence-corrected chi connectivity index (χ4v) is 5.83. The van der Waals surface area contributed by atoms with Crippen LogP contribution in [0.1, 0.15) is 20.3 Å². The molecule has 0 aliphatic heterocycles. The Morgan fingerprint density at radius 3 is 2.22 bits per heavy atom. The molecule has 0 spiro atoms. The zero-order chi connectivity index (χ0) is 13.3. The normalized spacial score (nSPS) is 12.4. The van der Waals surface area contributed by atoms with Gasteiger partial charge in [0.2, 0.25) is 0 Å². The molecule has 1 aromatic carbocycles. The molecule has 0 bridgehead atoms. The Morgan fingerprint density at radius 1 is 1.06 bits per heavy atom. The molecule has 0 heterocycles. The molecular weight excluding hydrogens is 259 g/mol. The van der Waals surface area contributed by atoms with E-state index in [1.807, 2.05) is 0 Å². The van der Waals surface area contributed by atoms with Crippen LogP contribution in [0.4, 0.5) is 0 Å². The van der Waals surface area contributed by atoms with Crippen molar-refractivity contribution in [2.45, 2.75) is 32.9 Å². The van der Waals surface area contributed by atoms with Crippen LogP contribution in [0.15, 0.2) is 30.3 Å². The van der Waals surface area contributed by atoms with Gasteiger partial charge in [0.1, 0.15) is 0 Å². The Kier molecular flexibility index (Phi) is 7.76. The van der Waals surface area contributed by atoms with Gasteiger partial charge in [-0.25, -0.2) is 0 Å². The first-order valence-corrected chi connectivity index (χ1v) is 10.5. The van der Waals surface area contributed by atoms with Gasteiger partial charge in [-0.1, -0.05) is 38.9 Å². The van der Waals surface area contributed by atoms with Crippen molar-refractivity contribution >= 4 is 22.4 Å². The summed E-state index contributed by atoms with van der Waals surface area (Å²) in [6, 6.07) is 11.8. The highest BCUT2D eigenvalue weighted by Crippen LogP contribution is 2.20. The Labute approximate surface area is 114 Å². The maximum atomic E-state index is 5.84. The standard InChI is InChI=1S/C14H25O2PSi/c1-4-15-18(3,16-5-2)13-9-12-17-14-10-7-6-8-11-14/h6-8,10-11,17H,4-5,9,12-13H2,1-3H3. The van der Waals surface area contributed by atoms with E-state index >= 15 is 0 Å². The summed E-state index contributed by atoms with van der Waals surface area (Å²) in [7, 11) is -0.978. The van der Waals surface area contributed by atoms with Crippen LogP contribution in [0.2, 0.25) is 12.6 Å². The Hall–Kier alpha value is -0.213. The smallest absolute Gasteiger partial charge is 0.334 e.